The van der Waals surface area contributed by atoms with Crippen molar-refractivity contribution in [2.24, 2.45) is 7.05 Å². The second kappa shape index (κ2) is 10.0. The Labute approximate surface area is 190 Å². The summed E-state index contributed by atoms with van der Waals surface area (Å²) >= 11 is 0. The zero-order valence-electron chi connectivity index (χ0n) is 18.7. The number of amides is 1. The summed E-state index contributed by atoms with van der Waals surface area (Å²) < 4.78 is 2.06. The van der Waals surface area contributed by atoms with Crippen LogP contribution >= 0.6 is 0 Å². The Kier molecular flexibility index (Phi) is 7.19. The number of nitrogens with two attached hydrogens (primary N) is 1. The predicted molar refractivity (Wildman–Crippen MR) is 125 cm³/mol. The van der Waals surface area contributed by atoms with E-state index in [0.717, 1.165) is 15.8 Å². The quantitative estimate of drug-likeness (QED) is 0.481. The van der Waals surface area contributed by atoms with Crippen molar-refractivity contribution in [2.75, 3.05) is 31.2 Å². The van der Waals surface area contributed by atoms with Gasteiger partial charge in [-0.2, -0.15) is 0 Å². The number of carbonyl (C=O) groups is 2. The van der Waals surface area contributed by atoms with Gasteiger partial charge in [0.15, 0.2) is 5.78 Å². The topological polar surface area (TPSA) is 132 Å². The first-order valence-electron chi connectivity index (χ1n) is 10.3. The maximum atomic E-state index is 13.0. The predicted octanol–water partition coefficient (Wildman–Crippen LogP) is 0.634. The summed E-state index contributed by atoms with van der Waals surface area (Å²) in [6.45, 7) is 1.58. The number of aryl methyl sites for hydroxylation is 1. The van der Waals surface area contributed by atoms with Crippen LogP contribution in [0.25, 0.3) is 0 Å². The third-order valence-corrected chi connectivity index (χ3v) is 5.03. The number of nitrogens with zero attached hydrogens (tertiary/aromatic N) is 4. The molecule has 0 atom stereocenters. The van der Waals surface area contributed by atoms with Gasteiger partial charge >= 0.3 is 5.69 Å². The highest BCUT2D eigenvalue weighted by Gasteiger charge is 2.23. The number of benzene rings is 1. The molecule has 10 nitrogen and oxygen atoms in total. The van der Waals surface area contributed by atoms with Crippen molar-refractivity contribution in [1.29, 1.82) is 0 Å². The van der Waals surface area contributed by atoms with Crippen LogP contribution in [0.3, 0.4) is 0 Å². The molecule has 3 aromatic rings. The molecule has 0 bridgehead atoms. The van der Waals surface area contributed by atoms with Gasteiger partial charge in [-0.25, -0.2) is 9.78 Å². The van der Waals surface area contributed by atoms with E-state index in [4.69, 9.17) is 5.73 Å². The summed E-state index contributed by atoms with van der Waals surface area (Å²) in [5.41, 5.74) is 6.01. The number of ketones is 1. The van der Waals surface area contributed by atoms with Gasteiger partial charge in [0, 0.05) is 12.7 Å². The van der Waals surface area contributed by atoms with Gasteiger partial charge < -0.3 is 11.1 Å². The van der Waals surface area contributed by atoms with Gasteiger partial charge in [0.05, 0.1) is 19.6 Å². The molecule has 0 saturated carbocycles. The average molecular weight is 450 g/mol. The third-order valence-electron chi connectivity index (χ3n) is 5.03. The second-order valence-electron chi connectivity index (χ2n) is 7.79. The van der Waals surface area contributed by atoms with E-state index >= 15 is 0 Å². The number of aromatic nitrogens is 3. The number of hydrogen-bond acceptors (Lipinski definition) is 7. The van der Waals surface area contributed by atoms with Crippen LogP contribution < -0.4 is 22.3 Å². The van der Waals surface area contributed by atoms with Crippen molar-refractivity contribution in [2.45, 2.75) is 13.5 Å². The maximum absolute atomic E-state index is 13.0. The first kappa shape index (κ1) is 23.6. The monoisotopic (exact) mass is 450 g/mol. The lowest BCUT2D eigenvalue weighted by molar-refractivity contribution is -0.116. The fourth-order valence-corrected chi connectivity index (χ4v) is 3.38. The molecule has 0 fully saturated rings. The summed E-state index contributed by atoms with van der Waals surface area (Å²) in [5.74, 6) is -0.734. The minimum atomic E-state index is -0.770. The number of nitrogen functional groups attached to an aromatic ring is 1. The number of rotatable bonds is 8. The van der Waals surface area contributed by atoms with E-state index in [-0.39, 0.29) is 36.9 Å². The largest absolute Gasteiger partial charge is 0.384 e. The van der Waals surface area contributed by atoms with E-state index in [1.807, 2.05) is 43.3 Å². The van der Waals surface area contributed by atoms with Crippen molar-refractivity contribution in [1.82, 2.24) is 19.0 Å². The lowest BCUT2D eigenvalue weighted by Crippen LogP contribution is -2.44. The SMILES string of the molecule is Cc1cccc(NC(=O)CN(C)CC(=O)c2c(N)n(Cc3ccccc3)c(=O)n(C)c2=O)n1. The minimum Gasteiger partial charge on any atom is -0.384 e. The molecule has 10 heteroatoms. The summed E-state index contributed by atoms with van der Waals surface area (Å²) in [4.78, 5) is 56.2. The standard InChI is InChI=1S/C23H26N6O4/c1-15-8-7-11-18(25-15)26-19(31)14-27(2)13-17(30)20-21(24)29(23(33)28(3)22(20)32)12-16-9-5-4-6-10-16/h4-11H,12-14,24H2,1-3H3,(H,25,26,31). The number of anilines is 2. The van der Waals surface area contributed by atoms with Crippen molar-refractivity contribution < 1.29 is 9.59 Å². The maximum Gasteiger partial charge on any atom is 0.332 e. The molecular formula is C23H26N6O4. The lowest BCUT2D eigenvalue weighted by atomic mass is 10.1. The highest BCUT2D eigenvalue weighted by atomic mass is 16.2. The Morgan fingerprint density at radius 1 is 1.06 bits per heavy atom. The van der Waals surface area contributed by atoms with Crippen LogP contribution in [-0.2, 0) is 18.4 Å². The molecule has 0 aliphatic carbocycles. The highest BCUT2D eigenvalue weighted by Crippen LogP contribution is 2.10. The van der Waals surface area contributed by atoms with E-state index in [0.29, 0.717) is 5.82 Å². The molecule has 33 heavy (non-hydrogen) atoms. The van der Waals surface area contributed by atoms with Crippen LogP contribution in [0.15, 0.2) is 58.1 Å². The summed E-state index contributed by atoms with van der Waals surface area (Å²) in [6, 6.07) is 14.3. The van der Waals surface area contributed by atoms with E-state index in [9.17, 15) is 19.2 Å². The van der Waals surface area contributed by atoms with Gasteiger partial charge in [-0.1, -0.05) is 36.4 Å². The number of likely N-dealkylation sites (N-methyl/N-ethyl adjacent to an activating group) is 1. The van der Waals surface area contributed by atoms with Crippen LogP contribution in [-0.4, -0.2) is 50.8 Å². The number of pyridine rings is 1. The molecule has 0 saturated heterocycles. The molecule has 0 aliphatic rings. The number of nitrogens with one attached hydrogen (secondary N) is 1. The van der Waals surface area contributed by atoms with Crippen molar-refractivity contribution >= 4 is 23.3 Å². The van der Waals surface area contributed by atoms with E-state index in [1.54, 1.807) is 19.2 Å². The Morgan fingerprint density at radius 3 is 2.42 bits per heavy atom. The minimum absolute atomic E-state index is 0.106. The highest BCUT2D eigenvalue weighted by molar-refractivity contribution is 6.01. The second-order valence-corrected chi connectivity index (χ2v) is 7.79. The number of carbonyl (C=O) groups excluding carboxylic acids is 2. The Bertz CT molecular complexity index is 1300. The van der Waals surface area contributed by atoms with Crippen molar-refractivity contribution in [3.05, 3.63) is 86.2 Å². The molecule has 3 N–H and O–H groups in total. The van der Waals surface area contributed by atoms with Crippen molar-refractivity contribution in [3.8, 4) is 0 Å². The molecule has 3 rings (SSSR count). The number of hydrogen-bond donors (Lipinski definition) is 2. The average Bonchev–Trinajstić information content (AvgIpc) is 2.76. The molecule has 0 spiro atoms. The summed E-state index contributed by atoms with van der Waals surface area (Å²) in [5, 5.41) is 2.66. The van der Waals surface area contributed by atoms with Gasteiger partial charge in [0.1, 0.15) is 17.2 Å². The zero-order chi connectivity index (χ0) is 24.1. The van der Waals surface area contributed by atoms with Crippen LogP contribution in [0, 0.1) is 6.92 Å². The molecule has 1 aromatic carbocycles. The van der Waals surface area contributed by atoms with Crippen LogP contribution in [0.5, 0.6) is 0 Å². The first-order valence-corrected chi connectivity index (χ1v) is 10.3. The van der Waals surface area contributed by atoms with Gasteiger partial charge in [0.25, 0.3) is 5.56 Å². The Balaban J connectivity index is 1.78. The van der Waals surface area contributed by atoms with Gasteiger partial charge in [0.2, 0.25) is 5.91 Å². The molecule has 0 radical (unpaired) electrons. The molecule has 2 aromatic heterocycles. The van der Waals surface area contributed by atoms with Crippen LogP contribution in [0.1, 0.15) is 21.6 Å². The normalized spacial score (nSPS) is 10.9. The molecule has 172 valence electrons. The summed E-state index contributed by atoms with van der Waals surface area (Å²) in [6.07, 6.45) is 0. The number of Topliss-reactive ketones (excluding diaryl/α,β-unsaturated/α-hetero) is 1. The van der Waals surface area contributed by atoms with Gasteiger partial charge in [-0.15, -0.1) is 0 Å². The molecular weight excluding hydrogens is 424 g/mol. The van der Waals surface area contributed by atoms with E-state index in [1.165, 1.54) is 16.5 Å². The Hall–Kier alpha value is -4.05. The molecule has 0 unspecified atom stereocenters. The third kappa shape index (κ3) is 5.60. The lowest BCUT2D eigenvalue weighted by Gasteiger charge is -2.18. The smallest absolute Gasteiger partial charge is 0.332 e. The fourth-order valence-electron chi connectivity index (χ4n) is 3.38. The van der Waals surface area contributed by atoms with E-state index in [2.05, 4.69) is 10.3 Å². The molecule has 2 heterocycles. The Morgan fingerprint density at radius 2 is 1.76 bits per heavy atom. The zero-order valence-corrected chi connectivity index (χ0v) is 18.7. The summed E-state index contributed by atoms with van der Waals surface area (Å²) in [7, 11) is 2.87. The van der Waals surface area contributed by atoms with Crippen LogP contribution in [0.4, 0.5) is 11.6 Å². The van der Waals surface area contributed by atoms with E-state index < -0.39 is 17.0 Å². The fraction of sp³-hybridized carbons (Fsp3) is 0.261. The molecule has 1 amide bonds. The van der Waals surface area contributed by atoms with Gasteiger partial charge in [-0.05, 0) is 31.7 Å². The van der Waals surface area contributed by atoms with Gasteiger partial charge in [-0.3, -0.25) is 28.4 Å². The first-order chi connectivity index (χ1) is 15.7. The van der Waals surface area contributed by atoms with Crippen molar-refractivity contribution in [3.63, 3.8) is 0 Å². The molecule has 0 aliphatic heterocycles. The van der Waals surface area contributed by atoms with Crippen LogP contribution in [0.2, 0.25) is 0 Å².